The number of nitrogens with one attached hydrogen (secondary N) is 2. The SMILES string of the molecule is CCNC(=NCc1ccc(Oc2cccnc2)c(F)c1)NCc1nnc2ccccn12.I. The summed E-state index contributed by atoms with van der Waals surface area (Å²) in [4.78, 5) is 8.50. The van der Waals surface area contributed by atoms with Crippen molar-refractivity contribution in [3.05, 3.63) is 84.3 Å². The Labute approximate surface area is 202 Å². The number of nitrogens with zero attached hydrogens (tertiary/aromatic N) is 5. The standard InChI is InChI=1S/C22H22FN7O.HI/c1-2-25-22(27-15-21-29-28-20-7-3-4-11-30(20)21)26-13-16-8-9-19(18(23)12-16)31-17-6-5-10-24-14-17;/h3-12,14H,2,13,15H2,1H3,(H2,25,26,27);1H. The van der Waals surface area contributed by atoms with Crippen LogP contribution in [0.5, 0.6) is 11.5 Å². The van der Waals surface area contributed by atoms with Gasteiger partial charge in [-0.2, -0.15) is 0 Å². The van der Waals surface area contributed by atoms with E-state index in [1.807, 2.05) is 35.7 Å². The van der Waals surface area contributed by atoms with Gasteiger partial charge >= 0.3 is 0 Å². The molecule has 0 aliphatic carbocycles. The Balaban J connectivity index is 0.00000289. The molecule has 0 atom stereocenters. The first-order valence-electron chi connectivity index (χ1n) is 9.90. The fraction of sp³-hybridized carbons (Fsp3) is 0.182. The van der Waals surface area contributed by atoms with Crippen molar-refractivity contribution in [1.82, 2.24) is 30.2 Å². The van der Waals surface area contributed by atoms with Gasteiger partial charge in [0.05, 0.1) is 19.3 Å². The molecule has 1 aromatic carbocycles. The topological polar surface area (TPSA) is 88.7 Å². The van der Waals surface area contributed by atoms with Gasteiger partial charge in [-0.15, -0.1) is 34.2 Å². The van der Waals surface area contributed by atoms with Crippen LogP contribution in [0.15, 0.2) is 72.1 Å². The Morgan fingerprint density at radius 1 is 1.12 bits per heavy atom. The van der Waals surface area contributed by atoms with E-state index >= 15 is 0 Å². The highest BCUT2D eigenvalue weighted by molar-refractivity contribution is 14.0. The van der Waals surface area contributed by atoms with E-state index in [9.17, 15) is 4.39 Å². The summed E-state index contributed by atoms with van der Waals surface area (Å²) in [7, 11) is 0. The van der Waals surface area contributed by atoms with Crippen LogP contribution in [-0.2, 0) is 13.1 Å². The highest BCUT2D eigenvalue weighted by Crippen LogP contribution is 2.24. The van der Waals surface area contributed by atoms with E-state index < -0.39 is 5.82 Å². The molecule has 0 spiro atoms. The lowest BCUT2D eigenvalue weighted by atomic mass is 10.2. The van der Waals surface area contributed by atoms with Gasteiger partial charge in [-0.1, -0.05) is 12.1 Å². The number of ether oxygens (including phenoxy) is 1. The molecule has 0 radical (unpaired) electrons. The zero-order valence-electron chi connectivity index (χ0n) is 17.4. The maximum absolute atomic E-state index is 14.4. The molecule has 10 heteroatoms. The smallest absolute Gasteiger partial charge is 0.191 e. The molecule has 0 fully saturated rings. The average Bonchev–Trinajstić information content (AvgIpc) is 3.21. The molecule has 3 heterocycles. The first-order valence-corrected chi connectivity index (χ1v) is 9.90. The molecule has 0 aliphatic heterocycles. The Kier molecular flexibility index (Phi) is 8.31. The fourth-order valence-corrected chi connectivity index (χ4v) is 2.95. The molecule has 0 bridgehead atoms. The summed E-state index contributed by atoms with van der Waals surface area (Å²) in [6.07, 6.45) is 5.07. The molecule has 32 heavy (non-hydrogen) atoms. The molecule has 2 N–H and O–H groups in total. The molecule has 0 saturated heterocycles. The first kappa shape index (κ1) is 23.4. The predicted molar refractivity (Wildman–Crippen MR) is 131 cm³/mol. The van der Waals surface area contributed by atoms with Crippen LogP contribution in [0, 0.1) is 5.82 Å². The lowest BCUT2D eigenvalue weighted by molar-refractivity contribution is 0.440. The Hall–Kier alpha value is -3.28. The summed E-state index contributed by atoms with van der Waals surface area (Å²) in [5, 5.41) is 14.8. The predicted octanol–water partition coefficient (Wildman–Crippen LogP) is 3.93. The van der Waals surface area contributed by atoms with Gasteiger partial charge in [0.25, 0.3) is 0 Å². The minimum atomic E-state index is -0.454. The number of pyridine rings is 2. The van der Waals surface area contributed by atoms with Crippen LogP contribution in [0.3, 0.4) is 0 Å². The van der Waals surface area contributed by atoms with Gasteiger partial charge < -0.3 is 15.4 Å². The summed E-state index contributed by atoms with van der Waals surface area (Å²) >= 11 is 0. The maximum atomic E-state index is 14.4. The van der Waals surface area contributed by atoms with E-state index in [4.69, 9.17) is 4.74 Å². The van der Waals surface area contributed by atoms with E-state index in [-0.39, 0.29) is 29.7 Å². The van der Waals surface area contributed by atoms with Crippen molar-refractivity contribution in [2.75, 3.05) is 6.54 Å². The summed E-state index contributed by atoms with van der Waals surface area (Å²) in [5.41, 5.74) is 1.51. The van der Waals surface area contributed by atoms with E-state index in [0.717, 1.165) is 17.0 Å². The monoisotopic (exact) mass is 547 g/mol. The molecule has 4 rings (SSSR count). The zero-order valence-corrected chi connectivity index (χ0v) is 19.7. The van der Waals surface area contributed by atoms with E-state index in [2.05, 4.69) is 30.8 Å². The molecule has 0 unspecified atom stereocenters. The highest BCUT2D eigenvalue weighted by Gasteiger charge is 2.08. The van der Waals surface area contributed by atoms with Gasteiger partial charge in [0.1, 0.15) is 5.75 Å². The normalized spacial score (nSPS) is 11.1. The second-order valence-electron chi connectivity index (χ2n) is 6.65. The molecule has 0 amide bonds. The van der Waals surface area contributed by atoms with Gasteiger partial charge in [-0.25, -0.2) is 9.38 Å². The maximum Gasteiger partial charge on any atom is 0.191 e. The summed E-state index contributed by atoms with van der Waals surface area (Å²) in [6.45, 7) is 3.43. The van der Waals surface area contributed by atoms with Crippen LogP contribution >= 0.6 is 24.0 Å². The molecule has 8 nitrogen and oxygen atoms in total. The number of hydrogen-bond acceptors (Lipinski definition) is 5. The minimum Gasteiger partial charge on any atom is -0.453 e. The lowest BCUT2D eigenvalue weighted by Crippen LogP contribution is -2.37. The van der Waals surface area contributed by atoms with Crippen molar-refractivity contribution >= 4 is 35.6 Å². The first-order chi connectivity index (χ1) is 15.2. The fourth-order valence-electron chi connectivity index (χ4n) is 2.95. The number of rotatable bonds is 7. The van der Waals surface area contributed by atoms with Crippen LogP contribution in [0.1, 0.15) is 18.3 Å². The van der Waals surface area contributed by atoms with Gasteiger partial charge in [-0.3, -0.25) is 9.38 Å². The molecular formula is C22H23FIN7O. The Morgan fingerprint density at radius 2 is 2.03 bits per heavy atom. The second-order valence-corrected chi connectivity index (χ2v) is 6.65. The van der Waals surface area contributed by atoms with Gasteiger partial charge in [0, 0.05) is 18.9 Å². The third-order valence-corrected chi connectivity index (χ3v) is 4.42. The van der Waals surface area contributed by atoms with E-state index in [0.29, 0.717) is 31.3 Å². The molecule has 0 aliphatic rings. The number of aromatic nitrogens is 4. The van der Waals surface area contributed by atoms with Crippen LogP contribution in [0.25, 0.3) is 5.65 Å². The molecule has 3 aromatic heterocycles. The molecule has 4 aromatic rings. The number of aliphatic imine (C=N–C) groups is 1. The van der Waals surface area contributed by atoms with Crippen molar-refractivity contribution in [1.29, 1.82) is 0 Å². The number of hydrogen-bond donors (Lipinski definition) is 2. The third-order valence-electron chi connectivity index (χ3n) is 4.42. The zero-order chi connectivity index (χ0) is 21.5. The lowest BCUT2D eigenvalue weighted by Gasteiger charge is -2.11. The number of halogens is 2. The largest absolute Gasteiger partial charge is 0.453 e. The summed E-state index contributed by atoms with van der Waals surface area (Å²) in [6, 6.07) is 14.0. The minimum absolute atomic E-state index is 0. The molecule has 166 valence electrons. The number of fused-ring (bicyclic) bond motifs is 1. The van der Waals surface area contributed by atoms with Crippen LogP contribution in [0.4, 0.5) is 4.39 Å². The van der Waals surface area contributed by atoms with Crippen molar-refractivity contribution < 1.29 is 9.13 Å². The van der Waals surface area contributed by atoms with Crippen molar-refractivity contribution in [2.45, 2.75) is 20.0 Å². The van der Waals surface area contributed by atoms with Crippen molar-refractivity contribution in [3.8, 4) is 11.5 Å². The van der Waals surface area contributed by atoms with Crippen LogP contribution in [-0.4, -0.2) is 32.1 Å². The van der Waals surface area contributed by atoms with E-state index in [1.54, 1.807) is 30.5 Å². The summed E-state index contributed by atoms with van der Waals surface area (Å²) in [5.74, 6) is 1.54. The van der Waals surface area contributed by atoms with Crippen LogP contribution in [0.2, 0.25) is 0 Å². The molecule has 0 saturated carbocycles. The summed E-state index contributed by atoms with van der Waals surface area (Å²) < 4.78 is 21.9. The number of benzene rings is 1. The Morgan fingerprint density at radius 3 is 2.81 bits per heavy atom. The van der Waals surface area contributed by atoms with Crippen molar-refractivity contribution in [2.24, 2.45) is 4.99 Å². The number of guanidine groups is 1. The quantitative estimate of drug-likeness (QED) is 0.207. The van der Waals surface area contributed by atoms with Crippen LogP contribution < -0.4 is 15.4 Å². The molecular weight excluding hydrogens is 524 g/mol. The second kappa shape index (κ2) is 11.4. The average molecular weight is 547 g/mol. The third kappa shape index (κ3) is 5.90. The van der Waals surface area contributed by atoms with Crippen molar-refractivity contribution in [3.63, 3.8) is 0 Å². The van der Waals surface area contributed by atoms with E-state index in [1.165, 1.54) is 12.3 Å². The highest BCUT2D eigenvalue weighted by atomic mass is 127. The Bertz CT molecular complexity index is 1180. The van der Waals surface area contributed by atoms with Gasteiger partial charge in [0.2, 0.25) is 0 Å². The van der Waals surface area contributed by atoms with Gasteiger partial charge in [0.15, 0.2) is 29.0 Å². The van der Waals surface area contributed by atoms with Gasteiger partial charge in [-0.05, 0) is 48.9 Å².